The molecular formula is C20H20N6OS. The zero-order valence-electron chi connectivity index (χ0n) is 15.6. The van der Waals surface area contributed by atoms with Crippen LogP contribution in [0.5, 0.6) is 0 Å². The topological polar surface area (TPSA) is 68.3 Å². The van der Waals surface area contributed by atoms with Gasteiger partial charge in [-0.2, -0.15) is 10.2 Å². The largest absolute Gasteiger partial charge is 0.338 e. The highest BCUT2D eigenvalue weighted by molar-refractivity contribution is 7.12. The molecule has 1 amide bonds. The molecule has 8 heteroatoms. The number of fused-ring (bicyclic) bond motifs is 1. The molecule has 0 atom stereocenters. The number of aryl methyl sites for hydroxylation is 1. The van der Waals surface area contributed by atoms with E-state index in [4.69, 9.17) is 0 Å². The Labute approximate surface area is 166 Å². The summed E-state index contributed by atoms with van der Waals surface area (Å²) >= 11 is 1.49. The molecule has 0 bridgehead atoms. The molecule has 5 heterocycles. The number of rotatable bonds is 3. The molecule has 1 saturated heterocycles. The van der Waals surface area contributed by atoms with Crippen molar-refractivity contribution in [1.29, 1.82) is 0 Å². The lowest BCUT2D eigenvalue weighted by molar-refractivity contribution is 0.0729. The summed E-state index contributed by atoms with van der Waals surface area (Å²) in [5.41, 5.74) is 4.66. The Hall–Kier alpha value is -3.00. The summed E-state index contributed by atoms with van der Waals surface area (Å²) in [7, 11) is 1.89. The minimum atomic E-state index is 0.138. The molecular weight excluding hydrogens is 372 g/mol. The van der Waals surface area contributed by atoms with Crippen LogP contribution in [0.3, 0.4) is 0 Å². The smallest absolute Gasteiger partial charge is 0.263 e. The van der Waals surface area contributed by atoms with Gasteiger partial charge in [-0.1, -0.05) is 0 Å². The van der Waals surface area contributed by atoms with E-state index >= 15 is 0 Å². The average molecular weight is 392 g/mol. The van der Waals surface area contributed by atoms with Gasteiger partial charge in [0.25, 0.3) is 5.91 Å². The number of hydrogen-bond acceptors (Lipinski definition) is 5. The molecule has 0 radical (unpaired) electrons. The number of thiophene rings is 1. The van der Waals surface area contributed by atoms with Gasteiger partial charge in [0, 0.05) is 55.4 Å². The first-order chi connectivity index (χ1) is 13.7. The lowest BCUT2D eigenvalue weighted by Gasteiger charge is -2.26. The number of carbonyl (C=O) groups is 1. The van der Waals surface area contributed by atoms with Gasteiger partial charge in [-0.05, 0) is 36.3 Å². The van der Waals surface area contributed by atoms with Gasteiger partial charge >= 0.3 is 0 Å². The van der Waals surface area contributed by atoms with Crippen LogP contribution < -0.4 is 0 Å². The summed E-state index contributed by atoms with van der Waals surface area (Å²) in [6, 6.07) is 1.97. The first-order valence-corrected chi connectivity index (χ1v) is 10.3. The van der Waals surface area contributed by atoms with Crippen molar-refractivity contribution in [3.05, 3.63) is 47.3 Å². The van der Waals surface area contributed by atoms with Gasteiger partial charge in [-0.25, -0.2) is 9.50 Å². The highest BCUT2D eigenvalue weighted by atomic mass is 32.1. The lowest BCUT2D eigenvalue weighted by atomic mass is 10.1. The van der Waals surface area contributed by atoms with E-state index < -0.39 is 0 Å². The Morgan fingerprint density at radius 3 is 2.61 bits per heavy atom. The Morgan fingerprint density at radius 1 is 1.00 bits per heavy atom. The summed E-state index contributed by atoms with van der Waals surface area (Å²) in [5, 5.41) is 10.7. The second kappa shape index (κ2) is 6.87. The van der Waals surface area contributed by atoms with Crippen molar-refractivity contribution < 1.29 is 4.79 Å². The highest BCUT2D eigenvalue weighted by Gasteiger charge is 2.21. The fraction of sp³-hybridized carbons (Fsp3) is 0.300. The van der Waals surface area contributed by atoms with E-state index in [1.165, 1.54) is 17.8 Å². The number of aromatic nitrogens is 5. The Bertz CT molecular complexity index is 1150. The first-order valence-electron chi connectivity index (χ1n) is 9.39. The van der Waals surface area contributed by atoms with E-state index in [1.807, 2.05) is 54.4 Å². The second-order valence-electron chi connectivity index (χ2n) is 7.12. The normalized spacial score (nSPS) is 14.7. The third-order valence-corrected chi connectivity index (χ3v) is 6.08. The minimum absolute atomic E-state index is 0.138. The van der Waals surface area contributed by atoms with Crippen LogP contribution in [0.15, 0.2) is 42.4 Å². The first kappa shape index (κ1) is 17.1. The third-order valence-electron chi connectivity index (χ3n) is 5.16. The van der Waals surface area contributed by atoms with Crippen LogP contribution in [-0.2, 0) is 7.05 Å². The van der Waals surface area contributed by atoms with Crippen molar-refractivity contribution in [2.24, 2.45) is 7.05 Å². The van der Waals surface area contributed by atoms with E-state index in [0.29, 0.717) is 0 Å². The maximum absolute atomic E-state index is 12.7. The van der Waals surface area contributed by atoms with Gasteiger partial charge in [0.2, 0.25) is 0 Å². The van der Waals surface area contributed by atoms with Crippen LogP contribution in [0.2, 0.25) is 0 Å². The molecule has 0 unspecified atom stereocenters. The SMILES string of the molecule is Cn1cc(-c2cnc3c(-c4csc(C(=O)N5CCCCC5)c4)cnn3c2)cn1. The molecule has 0 spiro atoms. The molecule has 0 aliphatic carbocycles. The number of nitrogens with zero attached hydrogens (tertiary/aromatic N) is 6. The van der Waals surface area contributed by atoms with Crippen LogP contribution >= 0.6 is 11.3 Å². The molecule has 142 valence electrons. The third kappa shape index (κ3) is 2.99. The summed E-state index contributed by atoms with van der Waals surface area (Å²) in [6.07, 6.45) is 12.8. The quantitative estimate of drug-likeness (QED) is 0.535. The van der Waals surface area contributed by atoms with Crippen LogP contribution in [0.4, 0.5) is 0 Å². The molecule has 1 fully saturated rings. The molecule has 5 rings (SSSR count). The predicted molar refractivity (Wildman–Crippen MR) is 108 cm³/mol. The van der Waals surface area contributed by atoms with E-state index in [0.717, 1.165) is 58.7 Å². The van der Waals surface area contributed by atoms with Crippen molar-refractivity contribution >= 4 is 22.9 Å². The van der Waals surface area contributed by atoms with Crippen molar-refractivity contribution in [2.75, 3.05) is 13.1 Å². The number of likely N-dealkylation sites (tertiary alicyclic amines) is 1. The molecule has 0 saturated carbocycles. The molecule has 28 heavy (non-hydrogen) atoms. The molecule has 7 nitrogen and oxygen atoms in total. The van der Waals surface area contributed by atoms with Crippen LogP contribution in [0, 0.1) is 0 Å². The Balaban J connectivity index is 1.45. The fourth-order valence-electron chi connectivity index (χ4n) is 3.64. The van der Waals surface area contributed by atoms with Gasteiger partial charge < -0.3 is 4.90 Å². The number of carbonyl (C=O) groups excluding carboxylic acids is 1. The van der Waals surface area contributed by atoms with Crippen LogP contribution in [0.1, 0.15) is 28.9 Å². The second-order valence-corrected chi connectivity index (χ2v) is 8.04. The summed E-state index contributed by atoms with van der Waals surface area (Å²) in [4.78, 5) is 20.1. The van der Waals surface area contributed by atoms with Gasteiger partial charge in [0.05, 0.1) is 17.3 Å². The van der Waals surface area contributed by atoms with E-state index in [9.17, 15) is 4.79 Å². The lowest BCUT2D eigenvalue weighted by Crippen LogP contribution is -2.35. The van der Waals surface area contributed by atoms with Gasteiger partial charge in [0.1, 0.15) is 0 Å². The van der Waals surface area contributed by atoms with Crippen molar-refractivity contribution in [3.63, 3.8) is 0 Å². The molecule has 0 aromatic carbocycles. The highest BCUT2D eigenvalue weighted by Crippen LogP contribution is 2.30. The molecule has 1 aliphatic rings. The Kier molecular flexibility index (Phi) is 4.20. The van der Waals surface area contributed by atoms with Crippen LogP contribution in [0.25, 0.3) is 27.9 Å². The fourth-order valence-corrected chi connectivity index (χ4v) is 4.51. The van der Waals surface area contributed by atoms with E-state index in [-0.39, 0.29) is 5.91 Å². The number of amides is 1. The number of piperidine rings is 1. The monoisotopic (exact) mass is 392 g/mol. The predicted octanol–water partition coefficient (Wildman–Crippen LogP) is 3.48. The van der Waals surface area contributed by atoms with Crippen molar-refractivity contribution in [3.8, 4) is 22.3 Å². The van der Waals surface area contributed by atoms with Gasteiger partial charge in [-0.15, -0.1) is 11.3 Å². The summed E-state index contributed by atoms with van der Waals surface area (Å²) in [6.45, 7) is 1.73. The molecule has 4 aromatic heterocycles. The van der Waals surface area contributed by atoms with Crippen LogP contribution in [-0.4, -0.2) is 48.3 Å². The van der Waals surface area contributed by atoms with E-state index in [1.54, 1.807) is 9.20 Å². The Morgan fingerprint density at radius 2 is 1.82 bits per heavy atom. The van der Waals surface area contributed by atoms with Gasteiger partial charge in [-0.3, -0.25) is 9.48 Å². The van der Waals surface area contributed by atoms with E-state index in [2.05, 4.69) is 15.2 Å². The average Bonchev–Trinajstić information content (AvgIpc) is 3.46. The minimum Gasteiger partial charge on any atom is -0.338 e. The zero-order chi connectivity index (χ0) is 19.1. The maximum atomic E-state index is 12.7. The van der Waals surface area contributed by atoms with Crippen molar-refractivity contribution in [2.45, 2.75) is 19.3 Å². The summed E-state index contributed by atoms with van der Waals surface area (Å²) in [5.74, 6) is 0.138. The van der Waals surface area contributed by atoms with Crippen molar-refractivity contribution in [1.82, 2.24) is 29.3 Å². The standard InChI is InChI=1S/C20H20N6OS/c1-24-11-16(9-22-24)15-8-21-19-17(10-23-26(19)12-15)14-7-18(28-13-14)20(27)25-5-3-2-4-6-25/h7-13H,2-6H2,1H3. The zero-order valence-corrected chi connectivity index (χ0v) is 16.4. The van der Waals surface area contributed by atoms with Gasteiger partial charge in [0.15, 0.2) is 5.65 Å². The molecule has 0 N–H and O–H groups in total. The molecule has 4 aromatic rings. The number of hydrogen-bond donors (Lipinski definition) is 0. The summed E-state index contributed by atoms with van der Waals surface area (Å²) < 4.78 is 3.54. The molecule has 1 aliphatic heterocycles. The maximum Gasteiger partial charge on any atom is 0.263 e.